The van der Waals surface area contributed by atoms with Gasteiger partial charge in [0.2, 0.25) is 0 Å². The molecule has 0 spiro atoms. The molecular formula is C18H19BrN4O2. The van der Waals surface area contributed by atoms with E-state index in [0.717, 1.165) is 22.8 Å². The third-order valence-corrected chi connectivity index (χ3v) is 4.41. The first kappa shape index (κ1) is 17.4. The number of nitrogens with zero attached hydrogens (tertiary/aromatic N) is 3. The molecule has 0 saturated heterocycles. The monoisotopic (exact) mass is 402 g/mol. The van der Waals surface area contributed by atoms with Crippen LogP contribution < -0.4 is 5.32 Å². The van der Waals surface area contributed by atoms with E-state index in [-0.39, 0.29) is 11.5 Å². The van der Waals surface area contributed by atoms with E-state index < -0.39 is 0 Å². The average molecular weight is 403 g/mol. The summed E-state index contributed by atoms with van der Waals surface area (Å²) in [6.45, 7) is 4.98. The van der Waals surface area contributed by atoms with Gasteiger partial charge < -0.3 is 15.5 Å². The fourth-order valence-electron chi connectivity index (χ4n) is 2.62. The lowest BCUT2D eigenvalue weighted by Crippen LogP contribution is -2.13. The summed E-state index contributed by atoms with van der Waals surface area (Å²) < 4.78 is 2.29. The zero-order valence-corrected chi connectivity index (χ0v) is 15.6. The highest BCUT2D eigenvalue weighted by Crippen LogP contribution is 2.32. The lowest BCUT2D eigenvalue weighted by Gasteiger charge is -2.09. The molecule has 0 saturated carbocycles. The first-order valence-corrected chi connectivity index (χ1v) is 8.63. The van der Waals surface area contributed by atoms with Crippen LogP contribution in [0.1, 0.15) is 22.5 Å². The number of nitrogens with one attached hydrogen (secondary N) is 1. The second-order valence-corrected chi connectivity index (χ2v) is 6.76. The zero-order chi connectivity index (χ0) is 18.0. The summed E-state index contributed by atoms with van der Waals surface area (Å²) >= 11 is 3.22. The molecule has 3 rings (SSSR count). The summed E-state index contributed by atoms with van der Waals surface area (Å²) in [4.78, 5) is 4.46. The normalized spacial score (nSPS) is 11.0. The predicted octanol–water partition coefficient (Wildman–Crippen LogP) is 3.35. The average Bonchev–Trinajstić information content (AvgIpc) is 2.91. The summed E-state index contributed by atoms with van der Waals surface area (Å²) in [7, 11) is 0. The lowest BCUT2D eigenvalue weighted by molar-refractivity contribution is 0.448. The highest BCUT2D eigenvalue weighted by molar-refractivity contribution is 9.10. The molecule has 0 unspecified atom stereocenters. The Balaban J connectivity index is 1.64. The van der Waals surface area contributed by atoms with Crippen LogP contribution in [0.2, 0.25) is 0 Å². The summed E-state index contributed by atoms with van der Waals surface area (Å²) in [6, 6.07) is 8.93. The van der Waals surface area contributed by atoms with Crippen molar-refractivity contribution in [3.8, 4) is 17.3 Å². The summed E-state index contributed by atoms with van der Waals surface area (Å²) in [5, 5.41) is 27.3. The van der Waals surface area contributed by atoms with Crippen molar-refractivity contribution in [2.45, 2.75) is 26.9 Å². The van der Waals surface area contributed by atoms with Gasteiger partial charge in [0.25, 0.3) is 0 Å². The zero-order valence-electron chi connectivity index (χ0n) is 14.0. The Kier molecular flexibility index (Phi) is 5.06. The summed E-state index contributed by atoms with van der Waals surface area (Å²) in [5.74, 6) is 1.02. The third kappa shape index (κ3) is 4.00. The molecule has 2 heterocycles. The molecule has 25 heavy (non-hydrogen) atoms. The largest absolute Gasteiger partial charge is 0.508 e. The number of aryl methyl sites for hydroxylation is 2. The Morgan fingerprint density at radius 3 is 2.56 bits per heavy atom. The van der Waals surface area contributed by atoms with Gasteiger partial charge in [-0.15, -0.1) is 0 Å². The first-order valence-electron chi connectivity index (χ1n) is 7.83. The van der Waals surface area contributed by atoms with Crippen molar-refractivity contribution in [2.24, 2.45) is 0 Å². The molecule has 0 aliphatic carbocycles. The summed E-state index contributed by atoms with van der Waals surface area (Å²) in [6.07, 6.45) is 1.80. The maximum Gasteiger partial charge on any atom is 0.153 e. The molecule has 3 aromatic rings. The number of aromatic hydroxyl groups is 2. The Bertz CT molecular complexity index is 891. The van der Waals surface area contributed by atoms with Crippen molar-refractivity contribution >= 4 is 15.9 Å². The molecule has 0 bridgehead atoms. The van der Waals surface area contributed by atoms with Crippen LogP contribution in [0.3, 0.4) is 0 Å². The minimum Gasteiger partial charge on any atom is -0.508 e. The molecule has 7 heteroatoms. The van der Waals surface area contributed by atoms with E-state index in [2.05, 4.69) is 31.3 Å². The van der Waals surface area contributed by atoms with Crippen molar-refractivity contribution < 1.29 is 10.2 Å². The van der Waals surface area contributed by atoms with Crippen molar-refractivity contribution in [2.75, 3.05) is 0 Å². The fraction of sp³-hybridized carbons (Fsp3) is 0.222. The third-order valence-electron chi connectivity index (χ3n) is 3.81. The second-order valence-electron chi connectivity index (χ2n) is 5.90. The van der Waals surface area contributed by atoms with Gasteiger partial charge in [-0.3, -0.25) is 0 Å². The number of halogens is 1. The minimum atomic E-state index is 0.109. The van der Waals surface area contributed by atoms with Gasteiger partial charge in [-0.05, 0) is 59.6 Å². The molecule has 3 N–H and O–H groups in total. The van der Waals surface area contributed by atoms with E-state index >= 15 is 0 Å². The van der Waals surface area contributed by atoms with Crippen molar-refractivity contribution in [3.63, 3.8) is 0 Å². The van der Waals surface area contributed by atoms with Gasteiger partial charge in [0.05, 0.1) is 10.2 Å². The number of rotatable bonds is 5. The lowest BCUT2D eigenvalue weighted by atomic mass is 10.2. The number of hydrogen-bond acceptors (Lipinski definition) is 5. The molecule has 1 aromatic carbocycles. The SMILES string of the molecule is Cc1cc(C)n(-c2ccc(CNCc3cc(O)cc(Br)c3O)cn2)n1. The number of aromatic nitrogens is 3. The van der Waals surface area contributed by atoms with Gasteiger partial charge in [0, 0.05) is 30.5 Å². The van der Waals surface area contributed by atoms with Crippen molar-refractivity contribution in [1.29, 1.82) is 0 Å². The van der Waals surface area contributed by atoms with Gasteiger partial charge >= 0.3 is 0 Å². The first-order chi connectivity index (χ1) is 11.9. The quantitative estimate of drug-likeness (QED) is 0.570. The maximum absolute atomic E-state index is 9.99. The molecule has 2 aromatic heterocycles. The Morgan fingerprint density at radius 2 is 1.92 bits per heavy atom. The van der Waals surface area contributed by atoms with Crippen molar-refractivity contribution in [3.05, 3.63) is 63.5 Å². The van der Waals surface area contributed by atoms with E-state index in [1.54, 1.807) is 6.20 Å². The molecule has 0 aliphatic rings. The van der Waals surface area contributed by atoms with Crippen LogP contribution in [0.4, 0.5) is 0 Å². The fourth-order valence-corrected chi connectivity index (χ4v) is 3.11. The molecule has 0 radical (unpaired) electrons. The number of pyridine rings is 1. The highest BCUT2D eigenvalue weighted by atomic mass is 79.9. The Hall–Kier alpha value is -2.38. The number of phenolic OH excluding ortho intramolecular Hbond substituents is 2. The molecule has 0 amide bonds. The van der Waals surface area contributed by atoms with E-state index in [1.165, 1.54) is 12.1 Å². The molecule has 130 valence electrons. The van der Waals surface area contributed by atoms with Crippen LogP contribution in [0.15, 0.2) is 41.0 Å². The van der Waals surface area contributed by atoms with E-state index in [0.29, 0.717) is 23.1 Å². The van der Waals surface area contributed by atoms with Gasteiger partial charge in [-0.25, -0.2) is 9.67 Å². The van der Waals surface area contributed by atoms with Crippen LogP contribution in [0.5, 0.6) is 11.5 Å². The molecular weight excluding hydrogens is 384 g/mol. The van der Waals surface area contributed by atoms with E-state index in [1.807, 2.05) is 36.7 Å². The van der Waals surface area contributed by atoms with Crippen LogP contribution in [0.25, 0.3) is 5.82 Å². The summed E-state index contributed by atoms with van der Waals surface area (Å²) in [5.41, 5.74) is 3.64. The molecule has 0 fully saturated rings. The smallest absolute Gasteiger partial charge is 0.153 e. The topological polar surface area (TPSA) is 83.2 Å². The van der Waals surface area contributed by atoms with Gasteiger partial charge in [0.15, 0.2) is 5.82 Å². The minimum absolute atomic E-state index is 0.109. The number of phenols is 2. The van der Waals surface area contributed by atoms with Gasteiger partial charge in [-0.2, -0.15) is 5.10 Å². The van der Waals surface area contributed by atoms with E-state index in [9.17, 15) is 10.2 Å². The molecule has 0 aliphatic heterocycles. The number of benzene rings is 1. The maximum atomic E-state index is 9.99. The van der Waals surface area contributed by atoms with Crippen molar-refractivity contribution in [1.82, 2.24) is 20.1 Å². The molecule has 6 nitrogen and oxygen atoms in total. The predicted molar refractivity (Wildman–Crippen MR) is 98.8 cm³/mol. The van der Waals surface area contributed by atoms with Crippen LogP contribution >= 0.6 is 15.9 Å². The molecule has 0 atom stereocenters. The number of hydrogen-bond donors (Lipinski definition) is 3. The standard InChI is InChI=1S/C18H19BrN4O2/c1-11-5-12(2)23(22-11)17-4-3-13(9-21-17)8-20-10-14-6-15(24)7-16(19)18(14)25/h3-7,9,20,24-25H,8,10H2,1-2H3. The van der Waals surface area contributed by atoms with Gasteiger partial charge in [0.1, 0.15) is 11.5 Å². The van der Waals surface area contributed by atoms with Crippen LogP contribution in [0, 0.1) is 13.8 Å². The Morgan fingerprint density at radius 1 is 1.12 bits per heavy atom. The second kappa shape index (κ2) is 7.25. The van der Waals surface area contributed by atoms with E-state index in [4.69, 9.17) is 0 Å². The van der Waals surface area contributed by atoms with Crippen LogP contribution in [-0.2, 0) is 13.1 Å². The van der Waals surface area contributed by atoms with Crippen LogP contribution in [-0.4, -0.2) is 25.0 Å². The highest BCUT2D eigenvalue weighted by Gasteiger charge is 2.08. The Labute approximate surface area is 154 Å². The van der Waals surface area contributed by atoms with Gasteiger partial charge in [-0.1, -0.05) is 6.07 Å².